The number of carboxylic acids is 4. The molecule has 0 aromatic carbocycles. The Morgan fingerprint density at radius 2 is 0.958 bits per heavy atom. The summed E-state index contributed by atoms with van der Waals surface area (Å²) in [6, 6.07) is -1.52. The second-order valence-corrected chi connectivity index (χ2v) is 4.22. The van der Waals surface area contributed by atoms with Gasteiger partial charge in [-0.15, -0.1) is 0 Å². The quantitative estimate of drug-likeness (QED) is 0.226. The molecule has 0 aliphatic rings. The molecule has 0 saturated carbocycles. The van der Waals surface area contributed by atoms with Crippen LogP contribution >= 0.6 is 0 Å². The van der Waals surface area contributed by atoms with Gasteiger partial charge in [-0.05, 0) is 26.9 Å². The number of likely N-dealkylation sites (N-methyl/N-ethyl adjacent to an activating group) is 2. The van der Waals surface area contributed by atoms with Crippen LogP contribution in [0.3, 0.4) is 0 Å². The molecule has 0 aromatic heterocycles. The van der Waals surface area contributed by atoms with Crippen molar-refractivity contribution >= 4 is 23.9 Å². The normalized spacial score (nSPS) is 11.4. The largest absolute Gasteiger partial charge is 0.481 e. The van der Waals surface area contributed by atoms with Gasteiger partial charge in [0.1, 0.15) is 12.1 Å². The first-order valence-corrected chi connectivity index (χ1v) is 6.39. The molecule has 0 aliphatic heterocycles. The second kappa shape index (κ2) is 18.4. The van der Waals surface area contributed by atoms with Gasteiger partial charge in [0.25, 0.3) is 0 Å². The molecule has 0 spiro atoms. The van der Waals surface area contributed by atoms with Gasteiger partial charge < -0.3 is 31.1 Å². The molecule has 0 fully saturated rings. The van der Waals surface area contributed by atoms with E-state index in [1.165, 1.54) is 14.1 Å². The summed E-state index contributed by atoms with van der Waals surface area (Å²) in [5.74, 6) is -4.00. The first-order valence-electron chi connectivity index (χ1n) is 6.39. The Morgan fingerprint density at radius 1 is 0.708 bits per heavy atom. The van der Waals surface area contributed by atoms with Crippen molar-refractivity contribution in [3.63, 3.8) is 0 Å². The third-order valence-corrected chi connectivity index (χ3v) is 2.59. The van der Waals surface area contributed by atoms with E-state index in [9.17, 15) is 19.2 Å². The third kappa shape index (κ3) is 19.1. The maximum atomic E-state index is 10.3. The molecule has 0 heterocycles. The van der Waals surface area contributed by atoms with Crippen LogP contribution in [0.4, 0.5) is 0 Å². The van der Waals surface area contributed by atoms with Crippen LogP contribution in [0.1, 0.15) is 25.7 Å². The van der Waals surface area contributed by atoms with Crippen LogP contribution in [-0.4, -0.2) is 70.5 Å². The van der Waals surface area contributed by atoms with E-state index in [0.29, 0.717) is 0 Å². The number of aliphatic carboxylic acids is 4. The van der Waals surface area contributed by atoms with Crippen molar-refractivity contribution in [1.29, 1.82) is 0 Å². The van der Waals surface area contributed by atoms with Crippen molar-refractivity contribution in [2.75, 3.05) is 14.1 Å². The molecule has 0 saturated heterocycles. The Hall–Kier alpha value is -0.953. The maximum absolute atomic E-state index is 10.3. The van der Waals surface area contributed by atoms with E-state index < -0.39 is 36.0 Å². The number of rotatable bonds is 10. The Morgan fingerprint density at radius 3 is 1.08 bits per heavy atom. The fourth-order valence-electron chi connectivity index (χ4n) is 1.32. The average molecular weight is 453 g/mol. The summed E-state index contributed by atoms with van der Waals surface area (Å²) in [6.07, 6.45) is -0.0298. The summed E-state index contributed by atoms with van der Waals surface area (Å²) in [7, 11) is 2.97. The smallest absolute Gasteiger partial charge is 0.320 e. The molecule has 10 nitrogen and oxygen atoms in total. The van der Waals surface area contributed by atoms with Crippen LogP contribution < -0.4 is 10.6 Å². The minimum absolute atomic E-state index is 0. The van der Waals surface area contributed by atoms with Crippen LogP contribution in [0.25, 0.3) is 0 Å². The minimum atomic E-state index is -1.02. The van der Waals surface area contributed by atoms with Crippen molar-refractivity contribution in [3.05, 3.63) is 0 Å². The van der Waals surface area contributed by atoms with Crippen molar-refractivity contribution in [2.45, 2.75) is 37.8 Å². The van der Waals surface area contributed by atoms with Gasteiger partial charge in [-0.1, -0.05) is 0 Å². The van der Waals surface area contributed by atoms with Crippen LogP contribution in [0.5, 0.6) is 0 Å². The van der Waals surface area contributed by atoms with E-state index in [0.717, 1.165) is 0 Å². The molecule has 12 heteroatoms. The zero-order valence-electron chi connectivity index (χ0n) is 13.8. The number of carboxylic acid groups (broad SMARTS) is 4. The first-order chi connectivity index (χ1) is 10.1. The molecule has 6 N–H and O–H groups in total. The fourth-order valence-corrected chi connectivity index (χ4v) is 1.32. The van der Waals surface area contributed by atoms with Gasteiger partial charge in [-0.25, -0.2) is 0 Å². The molecule has 0 aromatic rings. The van der Waals surface area contributed by atoms with Crippen molar-refractivity contribution in [3.8, 4) is 0 Å². The van der Waals surface area contributed by atoms with Crippen LogP contribution in [0.2, 0.25) is 0 Å². The first kappa shape index (κ1) is 30.9. The van der Waals surface area contributed by atoms with Crippen LogP contribution in [0, 0.1) is 0 Å². The molecular weight excluding hydrogens is 431 g/mol. The van der Waals surface area contributed by atoms with Crippen LogP contribution in [-0.2, 0) is 58.1 Å². The van der Waals surface area contributed by atoms with E-state index in [1.54, 1.807) is 0 Å². The molecular formula is C12H22N2O8Zn2. The van der Waals surface area contributed by atoms with E-state index in [2.05, 4.69) is 10.6 Å². The molecule has 132 valence electrons. The summed E-state index contributed by atoms with van der Waals surface area (Å²) in [5.41, 5.74) is 0. The Bertz CT molecular complexity index is 359. The van der Waals surface area contributed by atoms with E-state index >= 15 is 0 Å². The third-order valence-electron chi connectivity index (χ3n) is 2.59. The summed E-state index contributed by atoms with van der Waals surface area (Å²) in [5, 5.41) is 38.3. The molecule has 24 heavy (non-hydrogen) atoms. The topological polar surface area (TPSA) is 173 Å². The molecule has 0 amide bonds. The maximum Gasteiger partial charge on any atom is 0.320 e. The Labute approximate surface area is 164 Å². The number of nitrogens with one attached hydrogen (secondary N) is 2. The standard InChI is InChI=1S/2C6H11NO4.2Zn/c2*1-7-4(6(10)11)2-3-5(8)9;;/h2*4,7H,2-3H2,1H3,(H,8,9)(H,10,11);;/t2*4-;;/m00../s1. The number of hydrogen-bond acceptors (Lipinski definition) is 6. The summed E-state index contributed by atoms with van der Waals surface area (Å²) in [4.78, 5) is 40.6. The van der Waals surface area contributed by atoms with Gasteiger partial charge in [-0.3, -0.25) is 19.2 Å². The average Bonchev–Trinajstić information content (AvgIpc) is 2.39. The van der Waals surface area contributed by atoms with E-state index in [4.69, 9.17) is 20.4 Å². The van der Waals surface area contributed by atoms with Crippen molar-refractivity contribution in [2.24, 2.45) is 0 Å². The summed E-state index contributed by atoms with van der Waals surface area (Å²) >= 11 is 0. The minimum Gasteiger partial charge on any atom is -0.481 e. The Kier molecular flexibility index (Phi) is 23.7. The van der Waals surface area contributed by atoms with Crippen molar-refractivity contribution < 1.29 is 78.6 Å². The zero-order chi connectivity index (χ0) is 17.7. The molecule has 0 bridgehead atoms. The number of carbonyl (C=O) groups is 4. The van der Waals surface area contributed by atoms with E-state index in [-0.39, 0.29) is 64.6 Å². The Balaban J connectivity index is -0.000000154. The second-order valence-electron chi connectivity index (χ2n) is 4.22. The molecule has 0 rings (SSSR count). The molecule has 0 aliphatic carbocycles. The van der Waals surface area contributed by atoms with Gasteiger partial charge in [0.2, 0.25) is 0 Å². The van der Waals surface area contributed by atoms with Gasteiger partial charge in [0, 0.05) is 51.8 Å². The predicted octanol–water partition coefficient (Wildman–Crippen LogP) is -0.957. The van der Waals surface area contributed by atoms with E-state index in [1.807, 2.05) is 0 Å². The fraction of sp³-hybridized carbons (Fsp3) is 0.667. The summed E-state index contributed by atoms with van der Waals surface area (Å²) in [6.45, 7) is 0. The van der Waals surface area contributed by atoms with Crippen LogP contribution in [0.15, 0.2) is 0 Å². The predicted molar refractivity (Wildman–Crippen MR) is 74.7 cm³/mol. The van der Waals surface area contributed by atoms with Crippen molar-refractivity contribution in [1.82, 2.24) is 10.6 Å². The van der Waals surface area contributed by atoms with Gasteiger partial charge >= 0.3 is 23.9 Å². The number of hydrogen-bond donors (Lipinski definition) is 6. The SMILES string of the molecule is CN[C@@H](CCC(=O)O)C(=O)O.CN[C@@H](CCC(=O)O)C(=O)O.[Zn].[Zn]. The van der Waals surface area contributed by atoms with Gasteiger partial charge in [0.15, 0.2) is 0 Å². The summed E-state index contributed by atoms with van der Waals surface area (Å²) < 4.78 is 0. The zero-order valence-corrected chi connectivity index (χ0v) is 19.8. The molecule has 2 atom stereocenters. The monoisotopic (exact) mass is 450 g/mol. The molecule has 0 radical (unpaired) electrons. The molecule has 0 unspecified atom stereocenters. The van der Waals surface area contributed by atoms with Gasteiger partial charge in [0.05, 0.1) is 0 Å². The van der Waals surface area contributed by atoms with Gasteiger partial charge in [-0.2, -0.15) is 0 Å².